The predicted molar refractivity (Wildman–Crippen MR) is 133 cm³/mol. The van der Waals surface area contributed by atoms with Crippen LogP contribution in [-0.4, -0.2) is 36.5 Å². The number of non-ortho nitro benzene ring substituents is 1. The van der Waals surface area contributed by atoms with Crippen LogP contribution in [0.2, 0.25) is 0 Å². The molecule has 0 radical (unpaired) electrons. The highest BCUT2D eigenvalue weighted by Gasteiger charge is 2.24. The number of allylic oxidation sites excluding steroid dienone is 1. The van der Waals surface area contributed by atoms with Crippen molar-refractivity contribution < 1.29 is 41.5 Å². The molecule has 0 amide bonds. The average Bonchev–Trinajstić information content (AvgIpc) is 2.86. The highest BCUT2D eigenvalue weighted by molar-refractivity contribution is 5.79. The van der Waals surface area contributed by atoms with Gasteiger partial charge >= 0.3 is 11.9 Å². The van der Waals surface area contributed by atoms with Crippen LogP contribution in [0.1, 0.15) is 56.1 Å². The van der Waals surface area contributed by atoms with E-state index in [-0.39, 0.29) is 38.2 Å². The highest BCUT2D eigenvalue weighted by Crippen LogP contribution is 2.26. The zero-order valence-electron chi connectivity index (χ0n) is 20.9. The number of hydrogen-bond donors (Lipinski definition) is 1. The van der Waals surface area contributed by atoms with E-state index in [0.29, 0.717) is 22.9 Å². The van der Waals surface area contributed by atoms with Crippen molar-refractivity contribution in [1.82, 2.24) is 0 Å². The fourth-order valence-electron chi connectivity index (χ4n) is 3.33. The number of anilines is 1. The number of benzene rings is 2. The third-order valence-corrected chi connectivity index (χ3v) is 5.17. The van der Waals surface area contributed by atoms with Crippen LogP contribution in [0, 0.1) is 10.1 Å². The maximum Gasteiger partial charge on any atom is 0.313 e. The third kappa shape index (κ3) is 11.4. The fraction of sp³-hybridized carbons (Fsp3) is 0.385. The van der Waals surface area contributed by atoms with Gasteiger partial charge in [0.25, 0.3) is 11.8 Å². The van der Waals surface area contributed by atoms with Crippen LogP contribution < -0.4 is 5.73 Å². The van der Waals surface area contributed by atoms with Crippen molar-refractivity contribution in [1.29, 1.82) is 0 Å². The van der Waals surface area contributed by atoms with Gasteiger partial charge in [0, 0.05) is 24.2 Å². The SMILES string of the molecule is CCOC(=O)C(CC=C(F)F)c1ccc([N+](=O)[O-])cc1.CCOC(=O)C(CCC(F)F)c1ccc(N)cc1. The molecule has 0 bridgehead atoms. The molecule has 0 aliphatic carbocycles. The molecular weight excluding hydrogens is 512 g/mol. The maximum atomic E-state index is 12.3. The molecule has 0 aliphatic heterocycles. The zero-order chi connectivity index (χ0) is 28.7. The summed E-state index contributed by atoms with van der Waals surface area (Å²) in [7, 11) is 0. The Bertz CT molecular complexity index is 1060. The summed E-state index contributed by atoms with van der Waals surface area (Å²) in [6.07, 6.45) is -4.16. The van der Waals surface area contributed by atoms with Gasteiger partial charge in [0.15, 0.2) is 0 Å². The van der Waals surface area contributed by atoms with Crippen molar-refractivity contribution in [2.24, 2.45) is 0 Å². The molecule has 38 heavy (non-hydrogen) atoms. The smallest absolute Gasteiger partial charge is 0.313 e. The summed E-state index contributed by atoms with van der Waals surface area (Å²) in [4.78, 5) is 33.4. The Balaban J connectivity index is 0.000000382. The number of alkyl halides is 2. The molecule has 0 aliphatic rings. The summed E-state index contributed by atoms with van der Waals surface area (Å²) >= 11 is 0. The van der Waals surface area contributed by atoms with E-state index < -0.39 is 41.2 Å². The zero-order valence-corrected chi connectivity index (χ0v) is 20.9. The molecule has 12 heteroatoms. The molecule has 0 saturated heterocycles. The first-order chi connectivity index (χ1) is 18.0. The highest BCUT2D eigenvalue weighted by atomic mass is 19.3. The number of ether oxygens (including phenoxy) is 2. The van der Waals surface area contributed by atoms with Gasteiger partial charge in [-0.1, -0.05) is 24.3 Å². The van der Waals surface area contributed by atoms with E-state index in [1.807, 2.05) is 0 Å². The molecule has 0 spiro atoms. The monoisotopic (exact) mass is 542 g/mol. The van der Waals surface area contributed by atoms with Gasteiger partial charge in [-0.25, -0.2) is 8.78 Å². The van der Waals surface area contributed by atoms with Gasteiger partial charge < -0.3 is 15.2 Å². The summed E-state index contributed by atoms with van der Waals surface area (Å²) in [6.45, 7) is 3.66. The number of nitrogens with zero attached hydrogens (tertiary/aromatic N) is 1. The van der Waals surface area contributed by atoms with E-state index in [0.717, 1.165) is 0 Å². The van der Waals surface area contributed by atoms with Gasteiger partial charge in [0.2, 0.25) is 6.43 Å². The van der Waals surface area contributed by atoms with E-state index in [1.54, 1.807) is 38.1 Å². The second-order valence-corrected chi connectivity index (χ2v) is 7.82. The molecule has 2 aromatic rings. The summed E-state index contributed by atoms with van der Waals surface area (Å²) in [6, 6.07) is 11.8. The van der Waals surface area contributed by atoms with Crippen molar-refractivity contribution in [2.75, 3.05) is 18.9 Å². The van der Waals surface area contributed by atoms with Crippen molar-refractivity contribution in [3.8, 4) is 0 Å². The standard InChI is InChI=1S/C13H13F2NO4.C13H17F2NO2/c1-2-20-13(17)11(7-8-12(14)15)9-3-5-10(6-4-9)16(18)19;1-2-18-13(17)11(7-8-12(14)15)9-3-5-10(16)6-4-9/h3-6,8,11H,2,7H2,1H3;3-6,11-12H,2,7-8,16H2,1H3. The first-order valence-corrected chi connectivity index (χ1v) is 11.7. The minimum absolute atomic E-state index is 0.0699. The summed E-state index contributed by atoms with van der Waals surface area (Å²) in [5.41, 5.74) is 7.03. The van der Waals surface area contributed by atoms with E-state index in [9.17, 15) is 37.3 Å². The van der Waals surface area contributed by atoms with E-state index in [1.165, 1.54) is 24.3 Å². The molecule has 2 rings (SSSR count). The number of nitro benzene ring substituents is 1. The molecule has 2 N–H and O–H groups in total. The van der Waals surface area contributed by atoms with Crippen molar-refractivity contribution >= 4 is 23.3 Å². The Morgan fingerprint density at radius 3 is 1.82 bits per heavy atom. The number of esters is 2. The van der Waals surface area contributed by atoms with Crippen LogP contribution in [0.4, 0.5) is 28.9 Å². The Hall–Kier alpha value is -3.96. The lowest BCUT2D eigenvalue weighted by atomic mass is 9.94. The number of nitrogen functional groups attached to an aromatic ring is 1. The van der Waals surface area contributed by atoms with Crippen LogP contribution in [0.25, 0.3) is 0 Å². The summed E-state index contributed by atoms with van der Waals surface area (Å²) in [5.74, 6) is -2.67. The maximum absolute atomic E-state index is 12.3. The molecule has 2 aromatic carbocycles. The molecule has 0 saturated carbocycles. The number of halogens is 4. The van der Waals surface area contributed by atoms with E-state index >= 15 is 0 Å². The third-order valence-electron chi connectivity index (χ3n) is 5.17. The Morgan fingerprint density at radius 1 is 0.895 bits per heavy atom. The number of rotatable bonds is 12. The molecule has 0 fully saturated rings. The van der Waals surface area contributed by atoms with E-state index in [4.69, 9.17) is 15.2 Å². The molecule has 2 atom stereocenters. The van der Waals surface area contributed by atoms with Crippen LogP contribution in [0.15, 0.2) is 60.7 Å². The average molecular weight is 543 g/mol. The van der Waals surface area contributed by atoms with Gasteiger partial charge in [0.1, 0.15) is 0 Å². The van der Waals surface area contributed by atoms with Gasteiger partial charge in [0.05, 0.1) is 30.0 Å². The number of hydrogen-bond acceptors (Lipinski definition) is 7. The molecule has 208 valence electrons. The van der Waals surface area contributed by atoms with Crippen LogP contribution in [-0.2, 0) is 19.1 Å². The first kappa shape index (κ1) is 32.1. The minimum atomic E-state index is -2.42. The topological polar surface area (TPSA) is 122 Å². The minimum Gasteiger partial charge on any atom is -0.466 e. The lowest BCUT2D eigenvalue weighted by Gasteiger charge is -2.15. The predicted octanol–water partition coefficient (Wildman–Crippen LogP) is 6.37. The Kier molecular flexibility index (Phi) is 14.1. The van der Waals surface area contributed by atoms with Gasteiger partial charge in [-0.15, -0.1) is 0 Å². The molecule has 0 aromatic heterocycles. The van der Waals surface area contributed by atoms with Gasteiger partial charge in [-0.05, 0) is 56.0 Å². The molecule has 8 nitrogen and oxygen atoms in total. The normalized spacial score (nSPS) is 12.0. The molecular formula is C26H30F4N2O6. The quantitative estimate of drug-likeness (QED) is 0.109. The lowest BCUT2D eigenvalue weighted by molar-refractivity contribution is -0.384. The van der Waals surface area contributed by atoms with E-state index in [2.05, 4.69) is 0 Å². The largest absolute Gasteiger partial charge is 0.466 e. The number of nitrogens with two attached hydrogens (primary N) is 1. The molecule has 2 unspecified atom stereocenters. The second kappa shape index (κ2) is 16.7. The number of carbonyl (C=O) groups is 2. The van der Waals surface area contributed by atoms with Crippen molar-refractivity contribution in [3.05, 3.63) is 81.9 Å². The van der Waals surface area contributed by atoms with Gasteiger partial charge in [-0.2, -0.15) is 8.78 Å². The second-order valence-electron chi connectivity index (χ2n) is 7.82. The summed E-state index contributed by atoms with van der Waals surface area (Å²) < 4.78 is 58.5. The molecule has 0 heterocycles. The Morgan fingerprint density at radius 2 is 1.37 bits per heavy atom. The number of carbonyl (C=O) groups excluding carboxylic acids is 2. The van der Waals surface area contributed by atoms with Crippen LogP contribution in [0.3, 0.4) is 0 Å². The van der Waals surface area contributed by atoms with Crippen LogP contribution >= 0.6 is 0 Å². The van der Waals surface area contributed by atoms with Gasteiger partial charge in [-0.3, -0.25) is 19.7 Å². The fourth-order valence-corrected chi connectivity index (χ4v) is 3.33. The van der Waals surface area contributed by atoms with Crippen LogP contribution in [0.5, 0.6) is 0 Å². The van der Waals surface area contributed by atoms with Crippen molar-refractivity contribution in [2.45, 2.75) is 51.4 Å². The lowest BCUT2D eigenvalue weighted by Crippen LogP contribution is -2.17. The van der Waals surface area contributed by atoms with Crippen molar-refractivity contribution in [3.63, 3.8) is 0 Å². The first-order valence-electron chi connectivity index (χ1n) is 11.7. The summed E-state index contributed by atoms with van der Waals surface area (Å²) in [5, 5.41) is 10.5. The number of nitro groups is 1. The Labute approximate surface area is 217 Å².